The SMILES string of the molecule is O=C(CC(=O)Oc1ccc(-c2ccc(OC(F)(F)F)cc2)c(F)c1)OC1=CC=C(c2ccc(OC(F)(F)F)cc2)C(F)C1. The van der Waals surface area contributed by atoms with Crippen molar-refractivity contribution >= 4 is 17.5 Å². The summed E-state index contributed by atoms with van der Waals surface area (Å²) in [6.07, 6.45) is -10.2. The number of carbonyl (C=O) groups is 2. The van der Waals surface area contributed by atoms with Gasteiger partial charge in [0, 0.05) is 18.1 Å². The van der Waals surface area contributed by atoms with Crippen molar-refractivity contribution < 1.29 is 63.7 Å². The lowest BCUT2D eigenvalue weighted by Crippen LogP contribution is -2.18. The Balaban J connectivity index is 1.31. The van der Waals surface area contributed by atoms with Crippen LogP contribution in [-0.4, -0.2) is 30.8 Å². The number of esters is 2. The first-order valence-corrected chi connectivity index (χ1v) is 12.1. The van der Waals surface area contributed by atoms with Crippen LogP contribution in [0, 0.1) is 5.82 Å². The highest BCUT2D eigenvalue weighted by Crippen LogP contribution is 2.33. The number of benzene rings is 3. The van der Waals surface area contributed by atoms with E-state index in [1.165, 1.54) is 48.6 Å². The fourth-order valence-electron chi connectivity index (χ4n) is 3.94. The van der Waals surface area contributed by atoms with E-state index in [0.29, 0.717) is 0 Å². The molecule has 226 valence electrons. The molecule has 43 heavy (non-hydrogen) atoms. The molecule has 1 aliphatic carbocycles. The summed E-state index contributed by atoms with van der Waals surface area (Å²) >= 11 is 0. The lowest BCUT2D eigenvalue weighted by molar-refractivity contribution is -0.275. The van der Waals surface area contributed by atoms with Crippen LogP contribution in [0.25, 0.3) is 16.7 Å². The van der Waals surface area contributed by atoms with Crippen LogP contribution < -0.4 is 14.2 Å². The summed E-state index contributed by atoms with van der Waals surface area (Å²) < 4.78 is 121. The number of halogens is 8. The van der Waals surface area contributed by atoms with E-state index < -0.39 is 61.0 Å². The molecule has 0 aliphatic heterocycles. The number of hydrogen-bond donors (Lipinski definition) is 0. The first-order valence-electron chi connectivity index (χ1n) is 12.1. The van der Waals surface area contributed by atoms with Crippen molar-refractivity contribution in [2.45, 2.75) is 31.7 Å². The number of allylic oxidation sites excluding steroid dienone is 4. The molecule has 0 heterocycles. The number of rotatable bonds is 8. The Labute approximate surface area is 237 Å². The van der Waals surface area contributed by atoms with Crippen molar-refractivity contribution in [1.29, 1.82) is 0 Å². The van der Waals surface area contributed by atoms with Gasteiger partial charge < -0.3 is 18.9 Å². The fourth-order valence-corrected chi connectivity index (χ4v) is 3.94. The summed E-state index contributed by atoms with van der Waals surface area (Å²) in [5, 5.41) is 0. The average molecular weight is 614 g/mol. The lowest BCUT2D eigenvalue weighted by Gasteiger charge is -2.19. The third kappa shape index (κ3) is 9.05. The Hall–Kier alpha value is -4.88. The zero-order chi connectivity index (χ0) is 31.4. The van der Waals surface area contributed by atoms with Crippen LogP contribution >= 0.6 is 0 Å². The van der Waals surface area contributed by atoms with Gasteiger partial charge in [-0.2, -0.15) is 0 Å². The third-order valence-electron chi connectivity index (χ3n) is 5.69. The molecule has 3 aromatic carbocycles. The molecule has 3 aromatic rings. The van der Waals surface area contributed by atoms with E-state index in [1.807, 2.05) is 0 Å². The van der Waals surface area contributed by atoms with Crippen LogP contribution in [-0.2, 0) is 14.3 Å². The monoisotopic (exact) mass is 614 g/mol. The maximum atomic E-state index is 14.7. The second kappa shape index (κ2) is 12.5. The topological polar surface area (TPSA) is 71.1 Å². The zero-order valence-corrected chi connectivity index (χ0v) is 21.5. The van der Waals surface area contributed by atoms with Gasteiger partial charge in [0.05, 0.1) is 0 Å². The van der Waals surface area contributed by atoms with Crippen molar-refractivity contribution in [3.05, 3.63) is 96.0 Å². The van der Waals surface area contributed by atoms with Gasteiger partial charge >= 0.3 is 24.7 Å². The van der Waals surface area contributed by atoms with Gasteiger partial charge in [0.25, 0.3) is 0 Å². The van der Waals surface area contributed by atoms with Crippen molar-refractivity contribution in [3.8, 4) is 28.4 Å². The molecular formula is C29H18F8O6. The molecule has 1 atom stereocenters. The molecule has 0 spiro atoms. The molecule has 6 nitrogen and oxygen atoms in total. The molecule has 0 saturated carbocycles. The molecule has 0 fully saturated rings. The van der Waals surface area contributed by atoms with Gasteiger partial charge in [0.15, 0.2) is 0 Å². The van der Waals surface area contributed by atoms with Gasteiger partial charge in [-0.1, -0.05) is 30.3 Å². The summed E-state index contributed by atoms with van der Waals surface area (Å²) in [5.74, 6) is -4.44. The van der Waals surface area contributed by atoms with Gasteiger partial charge in [0.1, 0.15) is 41.4 Å². The number of ether oxygens (including phenoxy) is 4. The third-order valence-corrected chi connectivity index (χ3v) is 5.69. The highest BCUT2D eigenvalue weighted by Gasteiger charge is 2.32. The van der Waals surface area contributed by atoms with E-state index in [2.05, 4.69) is 9.47 Å². The Morgan fingerprint density at radius 2 is 1.21 bits per heavy atom. The predicted molar refractivity (Wildman–Crippen MR) is 134 cm³/mol. The van der Waals surface area contributed by atoms with Gasteiger partial charge in [-0.15, -0.1) is 26.3 Å². The van der Waals surface area contributed by atoms with Crippen molar-refractivity contribution in [2.75, 3.05) is 0 Å². The molecule has 0 aromatic heterocycles. The van der Waals surface area contributed by atoms with Crippen LogP contribution in [0.3, 0.4) is 0 Å². The van der Waals surface area contributed by atoms with Crippen molar-refractivity contribution in [3.63, 3.8) is 0 Å². The van der Waals surface area contributed by atoms with E-state index in [-0.39, 0.29) is 33.8 Å². The molecule has 0 radical (unpaired) electrons. The Morgan fingerprint density at radius 1 is 0.698 bits per heavy atom. The smallest absolute Gasteiger partial charge is 0.431 e. The predicted octanol–water partition coefficient (Wildman–Crippen LogP) is 7.84. The van der Waals surface area contributed by atoms with Crippen molar-refractivity contribution in [1.82, 2.24) is 0 Å². The normalized spacial score (nSPS) is 15.2. The highest BCUT2D eigenvalue weighted by molar-refractivity contribution is 5.92. The van der Waals surface area contributed by atoms with Crippen LogP contribution in [0.2, 0.25) is 0 Å². The van der Waals surface area contributed by atoms with Gasteiger partial charge in [-0.25, -0.2) is 8.78 Å². The number of alkyl halides is 7. The molecule has 0 N–H and O–H groups in total. The molecule has 1 aliphatic rings. The van der Waals surface area contributed by atoms with Crippen LogP contribution in [0.1, 0.15) is 18.4 Å². The summed E-state index contributed by atoms with van der Waals surface area (Å²) in [6.45, 7) is 0. The summed E-state index contributed by atoms with van der Waals surface area (Å²) in [6, 6.07) is 12.2. The fraction of sp³-hybridized carbons (Fsp3) is 0.172. The van der Waals surface area contributed by atoms with Gasteiger partial charge in [-0.3, -0.25) is 9.59 Å². The number of hydrogen-bond acceptors (Lipinski definition) is 6. The molecule has 0 amide bonds. The lowest BCUT2D eigenvalue weighted by atomic mass is 9.95. The van der Waals surface area contributed by atoms with Crippen LogP contribution in [0.4, 0.5) is 35.1 Å². The van der Waals surface area contributed by atoms with Crippen LogP contribution in [0.15, 0.2) is 84.6 Å². The van der Waals surface area contributed by atoms with Crippen LogP contribution in [0.5, 0.6) is 17.2 Å². The van der Waals surface area contributed by atoms with Gasteiger partial charge in [0.2, 0.25) is 0 Å². The van der Waals surface area contributed by atoms with E-state index in [9.17, 15) is 44.7 Å². The maximum absolute atomic E-state index is 14.7. The molecule has 4 rings (SSSR count). The van der Waals surface area contributed by atoms with Gasteiger partial charge in [-0.05, 0) is 59.2 Å². The molecular weight excluding hydrogens is 596 g/mol. The first-order chi connectivity index (χ1) is 20.1. The minimum atomic E-state index is -4.88. The molecule has 14 heteroatoms. The number of carbonyl (C=O) groups excluding carboxylic acids is 2. The first kappa shape index (κ1) is 31.1. The van der Waals surface area contributed by atoms with E-state index in [4.69, 9.17) is 9.47 Å². The summed E-state index contributed by atoms with van der Waals surface area (Å²) in [4.78, 5) is 24.3. The Bertz CT molecular complexity index is 1540. The molecule has 0 saturated heterocycles. The zero-order valence-electron chi connectivity index (χ0n) is 21.5. The minimum absolute atomic E-state index is 0.0132. The van der Waals surface area contributed by atoms with Crippen molar-refractivity contribution in [2.24, 2.45) is 0 Å². The van der Waals surface area contributed by atoms with E-state index >= 15 is 0 Å². The maximum Gasteiger partial charge on any atom is 0.573 e. The van der Waals surface area contributed by atoms with E-state index in [0.717, 1.165) is 30.3 Å². The standard InChI is InChI=1S/C29H18F8O6/c30-24-13-20(9-11-22(24)16-1-5-18(6-2-16)42-28(32,33)34)40-26(38)15-27(39)41-21-10-12-23(25(31)14-21)17-3-7-19(8-4-17)43-29(35,36)37/h1-13,25H,14-15H2. The largest absolute Gasteiger partial charge is 0.573 e. The second-order valence-electron chi connectivity index (χ2n) is 8.84. The Morgan fingerprint density at radius 3 is 1.72 bits per heavy atom. The second-order valence-corrected chi connectivity index (χ2v) is 8.84. The Kier molecular flexibility index (Phi) is 9.07. The quantitative estimate of drug-likeness (QED) is 0.112. The molecule has 0 bridgehead atoms. The van der Waals surface area contributed by atoms with E-state index in [1.54, 1.807) is 0 Å². The minimum Gasteiger partial charge on any atom is -0.431 e. The summed E-state index contributed by atoms with van der Waals surface area (Å²) in [7, 11) is 0. The highest BCUT2D eigenvalue weighted by atomic mass is 19.4. The average Bonchev–Trinajstić information content (AvgIpc) is 2.88. The molecule has 1 unspecified atom stereocenters. The summed E-state index contributed by atoms with van der Waals surface area (Å²) in [5.41, 5.74) is 0.595.